The Morgan fingerprint density at radius 2 is 1.77 bits per heavy atom. The Kier molecular flexibility index (Phi) is 6.65. The van der Waals surface area contributed by atoms with Gasteiger partial charge >= 0.3 is 6.03 Å². The molecule has 0 bridgehead atoms. The smallest absolute Gasteiger partial charge is 0.319 e. The second-order valence-electron chi connectivity index (χ2n) is 6.49. The molecule has 1 aromatic heterocycles. The van der Waals surface area contributed by atoms with Crippen LogP contribution in [-0.2, 0) is 4.79 Å². The summed E-state index contributed by atoms with van der Waals surface area (Å²) in [6.07, 6.45) is 1.16. The number of urea groups is 1. The van der Waals surface area contributed by atoms with E-state index < -0.39 is 5.91 Å². The fourth-order valence-electron chi connectivity index (χ4n) is 3.17. The number of hydrogen-bond acceptors (Lipinski definition) is 4. The van der Waals surface area contributed by atoms with Crippen molar-refractivity contribution in [1.82, 2.24) is 20.7 Å². The second-order valence-corrected chi connectivity index (χ2v) is 6.49. The van der Waals surface area contributed by atoms with Crippen molar-refractivity contribution >= 4 is 17.8 Å². The van der Waals surface area contributed by atoms with Crippen LogP contribution < -0.4 is 10.9 Å². The van der Waals surface area contributed by atoms with E-state index in [0.717, 1.165) is 0 Å². The lowest BCUT2D eigenvalue weighted by atomic mass is 9.96. The summed E-state index contributed by atoms with van der Waals surface area (Å²) < 4.78 is 5.32. The number of furan rings is 1. The highest BCUT2D eigenvalue weighted by atomic mass is 16.3. The van der Waals surface area contributed by atoms with Gasteiger partial charge in [0.25, 0.3) is 5.91 Å². The summed E-state index contributed by atoms with van der Waals surface area (Å²) in [6.45, 7) is 9.80. The number of nitrogens with one attached hydrogen (secondary N) is 2. The average molecular weight is 364 g/mol. The molecule has 1 fully saturated rings. The molecular weight excluding hydrogens is 336 g/mol. The Hall–Kier alpha value is -2.51. The third-order valence-corrected chi connectivity index (χ3v) is 4.76. The first-order valence-corrected chi connectivity index (χ1v) is 9.08. The largest absolute Gasteiger partial charge is 0.466 e. The van der Waals surface area contributed by atoms with Crippen molar-refractivity contribution in [2.24, 2.45) is 5.92 Å². The molecule has 8 heteroatoms. The molecule has 0 aromatic carbocycles. The summed E-state index contributed by atoms with van der Waals surface area (Å²) in [4.78, 5) is 40.3. The normalized spacial score (nSPS) is 14.8. The Balaban J connectivity index is 1.80. The predicted octanol–water partition coefficient (Wildman–Crippen LogP) is 1.83. The van der Waals surface area contributed by atoms with Gasteiger partial charge < -0.3 is 14.2 Å². The van der Waals surface area contributed by atoms with Gasteiger partial charge in [-0.1, -0.05) is 0 Å². The lowest BCUT2D eigenvalue weighted by Crippen LogP contribution is -2.50. The van der Waals surface area contributed by atoms with E-state index in [4.69, 9.17) is 4.42 Å². The molecule has 4 amide bonds. The van der Waals surface area contributed by atoms with Crippen LogP contribution in [0.15, 0.2) is 10.5 Å². The molecule has 2 N–H and O–H groups in total. The van der Waals surface area contributed by atoms with E-state index in [1.807, 2.05) is 13.8 Å². The van der Waals surface area contributed by atoms with Crippen molar-refractivity contribution in [2.75, 3.05) is 26.2 Å². The maximum atomic E-state index is 12.3. The third-order valence-electron chi connectivity index (χ3n) is 4.76. The molecule has 0 aliphatic carbocycles. The Labute approximate surface area is 153 Å². The first-order chi connectivity index (χ1) is 12.4. The minimum Gasteiger partial charge on any atom is -0.466 e. The number of likely N-dealkylation sites (tertiary alicyclic amines) is 1. The summed E-state index contributed by atoms with van der Waals surface area (Å²) in [5.41, 5.74) is 5.32. The van der Waals surface area contributed by atoms with E-state index in [1.54, 1.807) is 29.7 Å². The zero-order valence-corrected chi connectivity index (χ0v) is 15.9. The number of carbonyl (C=O) groups excluding carboxylic acids is 3. The van der Waals surface area contributed by atoms with Crippen molar-refractivity contribution in [3.05, 3.63) is 23.2 Å². The van der Waals surface area contributed by atoms with E-state index in [2.05, 4.69) is 10.9 Å². The third kappa shape index (κ3) is 4.56. The molecule has 2 heterocycles. The topological polar surface area (TPSA) is 94.9 Å². The fraction of sp³-hybridized carbons (Fsp3) is 0.611. The molecule has 1 aliphatic rings. The monoisotopic (exact) mass is 364 g/mol. The number of piperidine rings is 1. The molecule has 1 aromatic rings. The SMILES string of the molecule is CCN(CC)C(=O)N1CCC(C(=O)NNC(=O)c2cc(C)oc2C)CC1. The average Bonchev–Trinajstić information content (AvgIpc) is 2.98. The molecule has 144 valence electrons. The summed E-state index contributed by atoms with van der Waals surface area (Å²) in [5, 5.41) is 0. The molecule has 1 aliphatic heterocycles. The molecule has 1 saturated heterocycles. The summed E-state index contributed by atoms with van der Waals surface area (Å²) in [7, 11) is 0. The van der Waals surface area contributed by atoms with Gasteiger partial charge in [-0.25, -0.2) is 4.79 Å². The van der Waals surface area contributed by atoms with Crippen LogP contribution in [0.3, 0.4) is 0 Å². The van der Waals surface area contributed by atoms with E-state index in [0.29, 0.717) is 56.1 Å². The number of hydrogen-bond donors (Lipinski definition) is 2. The second kappa shape index (κ2) is 8.73. The molecule has 2 rings (SSSR count). The van der Waals surface area contributed by atoms with Gasteiger partial charge in [0.05, 0.1) is 5.56 Å². The Morgan fingerprint density at radius 3 is 2.27 bits per heavy atom. The van der Waals surface area contributed by atoms with Gasteiger partial charge in [-0.2, -0.15) is 0 Å². The highest BCUT2D eigenvalue weighted by Crippen LogP contribution is 2.18. The number of aryl methyl sites for hydroxylation is 2. The Morgan fingerprint density at radius 1 is 1.15 bits per heavy atom. The number of rotatable bonds is 4. The van der Waals surface area contributed by atoms with E-state index in [9.17, 15) is 14.4 Å². The molecule has 0 atom stereocenters. The lowest BCUT2D eigenvalue weighted by molar-refractivity contribution is -0.127. The van der Waals surface area contributed by atoms with Crippen LogP contribution in [0.4, 0.5) is 4.79 Å². The molecule has 0 spiro atoms. The molecule has 26 heavy (non-hydrogen) atoms. The number of carbonyl (C=O) groups is 3. The number of nitrogens with zero attached hydrogens (tertiary/aromatic N) is 2. The van der Waals surface area contributed by atoms with Crippen molar-refractivity contribution in [2.45, 2.75) is 40.5 Å². The lowest BCUT2D eigenvalue weighted by Gasteiger charge is -2.34. The van der Waals surface area contributed by atoms with Gasteiger partial charge in [0.15, 0.2) is 0 Å². The highest BCUT2D eigenvalue weighted by Gasteiger charge is 2.29. The van der Waals surface area contributed by atoms with Crippen LogP contribution >= 0.6 is 0 Å². The van der Waals surface area contributed by atoms with Crippen molar-refractivity contribution in [3.8, 4) is 0 Å². The van der Waals surface area contributed by atoms with Gasteiger partial charge in [0.2, 0.25) is 5.91 Å². The molecular formula is C18H28N4O4. The zero-order chi connectivity index (χ0) is 19.3. The predicted molar refractivity (Wildman–Crippen MR) is 96.4 cm³/mol. The standard InChI is InChI=1S/C18H28N4O4/c1-5-21(6-2)18(25)22-9-7-14(8-10-22)16(23)19-20-17(24)15-11-12(3)26-13(15)4/h11,14H,5-10H2,1-4H3,(H,19,23)(H,20,24). The van der Waals surface area contributed by atoms with Gasteiger partial charge in [-0.15, -0.1) is 0 Å². The summed E-state index contributed by atoms with van der Waals surface area (Å²) in [5.74, 6) is 0.304. The van der Waals surface area contributed by atoms with E-state index in [-0.39, 0.29) is 17.9 Å². The van der Waals surface area contributed by atoms with Crippen LogP contribution in [0.1, 0.15) is 48.6 Å². The molecule has 8 nitrogen and oxygen atoms in total. The highest BCUT2D eigenvalue weighted by molar-refractivity contribution is 5.96. The zero-order valence-electron chi connectivity index (χ0n) is 15.9. The van der Waals surface area contributed by atoms with Gasteiger partial charge in [0, 0.05) is 32.1 Å². The van der Waals surface area contributed by atoms with Gasteiger partial charge in [-0.05, 0) is 46.6 Å². The molecule has 0 unspecified atom stereocenters. The first-order valence-electron chi connectivity index (χ1n) is 9.08. The minimum absolute atomic E-state index is 0.0213. The van der Waals surface area contributed by atoms with Crippen LogP contribution in [0.25, 0.3) is 0 Å². The van der Waals surface area contributed by atoms with Crippen LogP contribution in [0.2, 0.25) is 0 Å². The van der Waals surface area contributed by atoms with Crippen molar-refractivity contribution in [3.63, 3.8) is 0 Å². The first kappa shape index (κ1) is 19.8. The summed E-state index contributed by atoms with van der Waals surface area (Å²) in [6, 6.07) is 1.65. The fourth-order valence-corrected chi connectivity index (χ4v) is 3.17. The van der Waals surface area contributed by atoms with Crippen LogP contribution in [-0.4, -0.2) is 53.8 Å². The Bertz CT molecular complexity index is 658. The maximum Gasteiger partial charge on any atom is 0.319 e. The maximum absolute atomic E-state index is 12.3. The van der Waals surface area contributed by atoms with Crippen molar-refractivity contribution in [1.29, 1.82) is 0 Å². The summed E-state index contributed by atoms with van der Waals surface area (Å²) >= 11 is 0. The van der Waals surface area contributed by atoms with Crippen LogP contribution in [0.5, 0.6) is 0 Å². The van der Waals surface area contributed by atoms with Crippen LogP contribution in [0, 0.1) is 19.8 Å². The van der Waals surface area contributed by atoms with E-state index in [1.165, 1.54) is 0 Å². The minimum atomic E-state index is -0.401. The van der Waals surface area contributed by atoms with Crippen molar-refractivity contribution < 1.29 is 18.8 Å². The number of amides is 4. The molecule has 0 saturated carbocycles. The quantitative estimate of drug-likeness (QED) is 0.797. The van der Waals surface area contributed by atoms with E-state index >= 15 is 0 Å². The van der Waals surface area contributed by atoms with Gasteiger partial charge in [0.1, 0.15) is 11.5 Å². The van der Waals surface area contributed by atoms with Gasteiger partial charge in [-0.3, -0.25) is 20.4 Å². The number of hydrazine groups is 1. The molecule has 0 radical (unpaired) electrons.